The van der Waals surface area contributed by atoms with Crippen LogP contribution < -0.4 is 5.32 Å². The zero-order valence-electron chi connectivity index (χ0n) is 14.1. The quantitative estimate of drug-likeness (QED) is 0.877. The Hall–Kier alpha value is -2.44. The Kier molecular flexibility index (Phi) is 4.40. The Labute approximate surface area is 134 Å². The van der Waals surface area contributed by atoms with Crippen molar-refractivity contribution in [1.29, 1.82) is 0 Å². The zero-order chi connectivity index (χ0) is 17.4. The number of rotatable bonds is 5. The number of aromatic nitrogens is 3. The molecular formula is C16H22N4O3. The van der Waals surface area contributed by atoms with Crippen molar-refractivity contribution in [2.45, 2.75) is 41.0 Å². The lowest BCUT2D eigenvalue weighted by Crippen LogP contribution is -2.32. The normalized spacial score (nSPS) is 11.7. The van der Waals surface area contributed by atoms with E-state index in [9.17, 15) is 9.59 Å². The van der Waals surface area contributed by atoms with E-state index in [1.807, 2.05) is 19.9 Å². The van der Waals surface area contributed by atoms with Crippen LogP contribution in [0.25, 0.3) is 5.65 Å². The number of aliphatic carboxylic acids is 1. The van der Waals surface area contributed by atoms with E-state index in [0.717, 1.165) is 11.4 Å². The van der Waals surface area contributed by atoms with Gasteiger partial charge < -0.3 is 10.4 Å². The van der Waals surface area contributed by atoms with Crippen LogP contribution in [0.1, 0.15) is 47.7 Å². The fourth-order valence-corrected chi connectivity index (χ4v) is 2.38. The second-order valence-electron chi connectivity index (χ2n) is 6.43. The van der Waals surface area contributed by atoms with Gasteiger partial charge in [0, 0.05) is 17.9 Å². The van der Waals surface area contributed by atoms with Crippen LogP contribution >= 0.6 is 0 Å². The molecule has 7 heteroatoms. The van der Waals surface area contributed by atoms with Gasteiger partial charge >= 0.3 is 5.97 Å². The fraction of sp³-hybridized carbons (Fsp3) is 0.500. The van der Waals surface area contributed by atoms with Gasteiger partial charge in [-0.15, -0.1) is 0 Å². The molecule has 2 rings (SSSR count). The molecule has 0 saturated carbocycles. The van der Waals surface area contributed by atoms with E-state index >= 15 is 0 Å². The molecule has 2 aromatic heterocycles. The molecule has 0 atom stereocenters. The van der Waals surface area contributed by atoms with E-state index in [0.29, 0.717) is 23.3 Å². The molecule has 2 N–H and O–H groups in total. The van der Waals surface area contributed by atoms with Crippen LogP contribution in [0.4, 0.5) is 0 Å². The Morgan fingerprint density at radius 1 is 1.30 bits per heavy atom. The number of carboxylic acid groups (broad SMARTS) is 1. The van der Waals surface area contributed by atoms with Crippen molar-refractivity contribution in [3.8, 4) is 0 Å². The second kappa shape index (κ2) is 5.98. The first kappa shape index (κ1) is 16.9. The molecule has 1 amide bonds. The molecule has 2 heterocycles. The summed E-state index contributed by atoms with van der Waals surface area (Å²) in [5.74, 6) is -1.16. The van der Waals surface area contributed by atoms with Gasteiger partial charge in [-0.05, 0) is 47.1 Å². The van der Waals surface area contributed by atoms with Crippen LogP contribution in [0.5, 0.6) is 0 Å². The number of carboxylic acids is 1. The standard InChI is InChI=1S/C16H22N4O3/c1-9-8-10(2)20-13(18-9)12(11(3)19-20)14(21)17-7-6-16(4,5)15(22)23/h8H,6-7H2,1-5H3,(H,17,21)(H,22,23). The third kappa shape index (κ3) is 3.33. The summed E-state index contributed by atoms with van der Waals surface area (Å²) in [5, 5.41) is 16.2. The largest absolute Gasteiger partial charge is 0.481 e. The third-order valence-electron chi connectivity index (χ3n) is 3.91. The Morgan fingerprint density at radius 3 is 2.57 bits per heavy atom. The van der Waals surface area contributed by atoms with Crippen LogP contribution in [0.3, 0.4) is 0 Å². The van der Waals surface area contributed by atoms with Crippen LogP contribution in [-0.2, 0) is 4.79 Å². The number of nitrogens with one attached hydrogen (secondary N) is 1. The Morgan fingerprint density at radius 2 is 1.96 bits per heavy atom. The molecule has 0 saturated heterocycles. The van der Waals surface area contributed by atoms with Gasteiger partial charge in [-0.2, -0.15) is 5.10 Å². The second-order valence-corrected chi connectivity index (χ2v) is 6.43. The summed E-state index contributed by atoms with van der Waals surface area (Å²) >= 11 is 0. The molecule has 0 aromatic carbocycles. The molecule has 0 radical (unpaired) electrons. The summed E-state index contributed by atoms with van der Waals surface area (Å²) in [6.07, 6.45) is 0.345. The molecule has 0 unspecified atom stereocenters. The summed E-state index contributed by atoms with van der Waals surface area (Å²) in [4.78, 5) is 28.0. The maximum absolute atomic E-state index is 12.5. The monoisotopic (exact) mass is 318 g/mol. The van der Waals surface area contributed by atoms with Gasteiger partial charge in [0.1, 0.15) is 5.56 Å². The first-order valence-electron chi connectivity index (χ1n) is 7.48. The van der Waals surface area contributed by atoms with Crippen molar-refractivity contribution in [3.63, 3.8) is 0 Å². The molecule has 0 aliphatic carbocycles. The summed E-state index contributed by atoms with van der Waals surface area (Å²) in [7, 11) is 0. The van der Waals surface area contributed by atoms with Crippen LogP contribution in [0.15, 0.2) is 6.07 Å². The van der Waals surface area contributed by atoms with Crippen molar-refractivity contribution in [1.82, 2.24) is 19.9 Å². The Balaban J connectivity index is 2.22. The van der Waals surface area contributed by atoms with Gasteiger partial charge in [0.05, 0.1) is 11.1 Å². The first-order chi connectivity index (χ1) is 10.6. The van der Waals surface area contributed by atoms with Gasteiger partial charge in [-0.25, -0.2) is 9.50 Å². The van der Waals surface area contributed by atoms with E-state index in [2.05, 4.69) is 15.4 Å². The minimum absolute atomic E-state index is 0.277. The van der Waals surface area contributed by atoms with Crippen molar-refractivity contribution in [3.05, 3.63) is 28.7 Å². The van der Waals surface area contributed by atoms with E-state index in [1.54, 1.807) is 25.3 Å². The molecule has 23 heavy (non-hydrogen) atoms. The Bertz CT molecular complexity index is 777. The maximum Gasteiger partial charge on any atom is 0.309 e. The number of fused-ring (bicyclic) bond motifs is 1. The van der Waals surface area contributed by atoms with Crippen molar-refractivity contribution >= 4 is 17.5 Å². The van der Waals surface area contributed by atoms with Crippen molar-refractivity contribution in [2.75, 3.05) is 6.54 Å². The average Bonchev–Trinajstić information content (AvgIpc) is 2.74. The lowest BCUT2D eigenvalue weighted by atomic mass is 9.90. The molecule has 0 fully saturated rings. The molecule has 124 valence electrons. The van der Waals surface area contributed by atoms with Gasteiger partial charge in [0.2, 0.25) is 0 Å². The number of carbonyl (C=O) groups excluding carboxylic acids is 1. The maximum atomic E-state index is 12.5. The topological polar surface area (TPSA) is 96.6 Å². The SMILES string of the molecule is Cc1cc(C)n2nc(C)c(C(=O)NCCC(C)(C)C(=O)O)c2n1. The summed E-state index contributed by atoms with van der Waals surface area (Å²) in [6, 6.07) is 1.90. The van der Waals surface area contributed by atoms with Gasteiger partial charge in [0.15, 0.2) is 5.65 Å². The van der Waals surface area contributed by atoms with Crippen LogP contribution in [0.2, 0.25) is 0 Å². The molecular weight excluding hydrogens is 296 g/mol. The van der Waals surface area contributed by atoms with Gasteiger partial charge in [-0.1, -0.05) is 0 Å². The number of hydrogen-bond donors (Lipinski definition) is 2. The summed E-state index contributed by atoms with van der Waals surface area (Å²) in [6.45, 7) is 9.09. The highest BCUT2D eigenvalue weighted by atomic mass is 16.4. The lowest BCUT2D eigenvalue weighted by Gasteiger charge is -2.18. The van der Waals surface area contributed by atoms with E-state index < -0.39 is 11.4 Å². The number of aryl methyl sites for hydroxylation is 3. The molecule has 2 aromatic rings. The summed E-state index contributed by atoms with van der Waals surface area (Å²) < 4.78 is 1.65. The van der Waals surface area contributed by atoms with Crippen molar-refractivity contribution < 1.29 is 14.7 Å². The molecule has 0 aliphatic heterocycles. The molecule has 0 bridgehead atoms. The third-order valence-corrected chi connectivity index (χ3v) is 3.91. The van der Waals surface area contributed by atoms with Crippen molar-refractivity contribution in [2.24, 2.45) is 5.41 Å². The predicted octanol–water partition coefficient (Wildman–Crippen LogP) is 1.89. The minimum atomic E-state index is -0.883. The smallest absolute Gasteiger partial charge is 0.309 e. The molecule has 0 aliphatic rings. The average molecular weight is 318 g/mol. The number of carbonyl (C=O) groups is 2. The van der Waals surface area contributed by atoms with Gasteiger partial charge in [0.25, 0.3) is 5.91 Å². The minimum Gasteiger partial charge on any atom is -0.481 e. The highest BCUT2D eigenvalue weighted by molar-refractivity contribution is 6.01. The molecule has 0 spiro atoms. The number of amides is 1. The number of nitrogens with zero attached hydrogens (tertiary/aromatic N) is 3. The first-order valence-corrected chi connectivity index (χ1v) is 7.48. The molecule has 7 nitrogen and oxygen atoms in total. The number of hydrogen-bond acceptors (Lipinski definition) is 4. The van der Waals surface area contributed by atoms with E-state index in [1.165, 1.54) is 0 Å². The summed E-state index contributed by atoms with van der Waals surface area (Å²) in [5.41, 5.74) is 2.40. The highest BCUT2D eigenvalue weighted by Gasteiger charge is 2.27. The highest BCUT2D eigenvalue weighted by Crippen LogP contribution is 2.20. The lowest BCUT2D eigenvalue weighted by molar-refractivity contribution is -0.147. The predicted molar refractivity (Wildman–Crippen MR) is 85.6 cm³/mol. The van der Waals surface area contributed by atoms with Crippen LogP contribution in [-0.4, -0.2) is 38.1 Å². The van der Waals surface area contributed by atoms with Gasteiger partial charge in [-0.3, -0.25) is 9.59 Å². The van der Waals surface area contributed by atoms with E-state index in [-0.39, 0.29) is 12.5 Å². The zero-order valence-corrected chi connectivity index (χ0v) is 14.1. The fourth-order valence-electron chi connectivity index (χ4n) is 2.38. The van der Waals surface area contributed by atoms with E-state index in [4.69, 9.17) is 5.11 Å². The van der Waals surface area contributed by atoms with Crippen LogP contribution in [0, 0.1) is 26.2 Å².